The number of nitrogens with zero attached hydrogens (tertiary/aromatic N) is 2. The van der Waals surface area contributed by atoms with Gasteiger partial charge in [-0.05, 0) is 64.1 Å². The molecule has 0 atom stereocenters. The Morgan fingerprint density at radius 3 is 2.50 bits per heavy atom. The van der Waals surface area contributed by atoms with Crippen LogP contribution in [-0.4, -0.2) is 62.1 Å². The molecule has 3 rings (SSSR count). The van der Waals surface area contributed by atoms with Gasteiger partial charge in [-0.25, -0.2) is 8.42 Å². The van der Waals surface area contributed by atoms with Gasteiger partial charge in [0.05, 0.1) is 7.14 Å². The highest BCUT2D eigenvalue weighted by atomic mass is 127. The average molecular weight is 662 g/mol. The van der Waals surface area contributed by atoms with Crippen LogP contribution in [0.2, 0.25) is 0 Å². The molecule has 2 aliphatic heterocycles. The van der Waals surface area contributed by atoms with Crippen LogP contribution >= 0.6 is 45.2 Å². The van der Waals surface area contributed by atoms with Gasteiger partial charge in [-0.2, -0.15) is 4.31 Å². The Kier molecular flexibility index (Phi) is 7.14. The van der Waals surface area contributed by atoms with Crippen LogP contribution in [0.25, 0.3) is 0 Å². The molecular weight excluding hydrogens is 638 g/mol. The summed E-state index contributed by atoms with van der Waals surface area (Å²) in [5.74, 6) is 0.685. The number of amides is 1. The molecular formula is C19H24I2N2O6S. The smallest absolute Gasteiger partial charge is 0.260 e. The van der Waals surface area contributed by atoms with Crippen molar-refractivity contribution in [3.8, 4) is 17.2 Å². The molecule has 0 aliphatic carbocycles. The number of rotatable bonds is 6. The van der Waals surface area contributed by atoms with Crippen molar-refractivity contribution in [3.63, 3.8) is 0 Å². The first kappa shape index (κ1) is 23.9. The number of benzene rings is 1. The van der Waals surface area contributed by atoms with Crippen LogP contribution in [-0.2, 0) is 14.8 Å². The minimum Gasteiger partial charge on any atom is -0.479 e. The number of carbonyl (C=O) groups excluding carboxylic acids is 1. The predicted octanol–water partition coefficient (Wildman–Crippen LogP) is 3.18. The zero-order valence-electron chi connectivity index (χ0n) is 17.0. The second-order valence-corrected chi connectivity index (χ2v) is 11.8. The molecule has 0 aromatic heterocycles. The molecule has 0 radical (unpaired) electrons. The average Bonchev–Trinajstić information content (AvgIpc) is 3.02. The van der Waals surface area contributed by atoms with Crippen molar-refractivity contribution < 1.29 is 27.4 Å². The molecule has 0 bridgehead atoms. The van der Waals surface area contributed by atoms with Gasteiger partial charge in [0.15, 0.2) is 18.1 Å². The highest BCUT2D eigenvalue weighted by Gasteiger charge is 2.37. The number of hydrogen-bond acceptors (Lipinski definition) is 6. The van der Waals surface area contributed by atoms with Crippen molar-refractivity contribution >= 4 is 61.1 Å². The van der Waals surface area contributed by atoms with E-state index in [2.05, 4.69) is 51.8 Å². The molecule has 166 valence electrons. The molecule has 2 aliphatic rings. The largest absolute Gasteiger partial charge is 0.479 e. The first-order valence-electron chi connectivity index (χ1n) is 9.36. The second-order valence-electron chi connectivity index (χ2n) is 7.56. The monoisotopic (exact) mass is 662 g/mol. The fourth-order valence-corrected chi connectivity index (χ4v) is 6.26. The topological polar surface area (TPSA) is 85.4 Å². The van der Waals surface area contributed by atoms with Crippen molar-refractivity contribution in [1.29, 1.82) is 0 Å². The minimum atomic E-state index is -3.46. The molecule has 0 unspecified atom stereocenters. The van der Waals surface area contributed by atoms with Crippen LogP contribution in [0, 0.1) is 7.14 Å². The molecule has 1 fully saturated rings. The summed E-state index contributed by atoms with van der Waals surface area (Å²) in [6.45, 7) is 7.81. The molecule has 1 saturated heterocycles. The van der Waals surface area contributed by atoms with Gasteiger partial charge in [0.1, 0.15) is 0 Å². The first-order valence-corrected chi connectivity index (χ1v) is 13.0. The first-order chi connectivity index (χ1) is 13.9. The summed E-state index contributed by atoms with van der Waals surface area (Å²) in [6.07, 6.45) is 1.13. The lowest BCUT2D eigenvalue weighted by molar-refractivity contribution is -0.134. The van der Waals surface area contributed by atoms with Crippen molar-refractivity contribution in [3.05, 3.63) is 25.2 Å². The van der Waals surface area contributed by atoms with Crippen LogP contribution in [0.5, 0.6) is 17.2 Å². The van der Waals surface area contributed by atoms with Crippen LogP contribution in [0.15, 0.2) is 18.1 Å². The summed E-state index contributed by atoms with van der Waals surface area (Å²) in [4.78, 5) is 14.4. The number of fused-ring (bicyclic) bond motifs is 1. The number of likely N-dealkylation sites (tertiary alicyclic amines) is 1. The van der Waals surface area contributed by atoms with E-state index in [0.717, 1.165) is 12.5 Å². The van der Waals surface area contributed by atoms with Crippen molar-refractivity contribution in [2.24, 2.45) is 0 Å². The van der Waals surface area contributed by atoms with Gasteiger partial charge in [0.25, 0.3) is 5.91 Å². The van der Waals surface area contributed by atoms with Gasteiger partial charge in [-0.15, -0.1) is 0 Å². The van der Waals surface area contributed by atoms with E-state index < -0.39 is 15.8 Å². The standard InChI is InChI=1S/C19H24I2N2O6S/c1-5-30(25,26)22(4)12-6-8-23(9-7-12)15(24)11-27-16-13(20)10-14(21)17-18(16)29-19(2,3)28-17/h5,10,12H,1,6-9,11H2,2-4H3. The highest BCUT2D eigenvalue weighted by Crippen LogP contribution is 2.50. The predicted molar refractivity (Wildman–Crippen MR) is 129 cm³/mol. The van der Waals surface area contributed by atoms with E-state index in [1.807, 2.05) is 19.9 Å². The molecule has 1 aromatic rings. The quantitative estimate of drug-likeness (QED) is 0.436. The Labute approximate surface area is 204 Å². The van der Waals surface area contributed by atoms with Gasteiger partial charge in [-0.3, -0.25) is 4.79 Å². The molecule has 1 aromatic carbocycles. The van der Waals surface area contributed by atoms with E-state index in [0.29, 0.717) is 43.2 Å². The van der Waals surface area contributed by atoms with E-state index in [1.165, 1.54) is 4.31 Å². The van der Waals surface area contributed by atoms with E-state index in [1.54, 1.807) is 11.9 Å². The Bertz CT molecular complexity index is 958. The van der Waals surface area contributed by atoms with E-state index in [9.17, 15) is 13.2 Å². The maximum absolute atomic E-state index is 12.7. The normalized spacial score (nSPS) is 18.5. The van der Waals surface area contributed by atoms with Crippen LogP contribution in [0.1, 0.15) is 26.7 Å². The molecule has 0 saturated carbocycles. The summed E-state index contributed by atoms with van der Waals surface area (Å²) < 4.78 is 44.6. The zero-order chi connectivity index (χ0) is 22.3. The molecule has 1 amide bonds. The zero-order valence-corrected chi connectivity index (χ0v) is 22.1. The van der Waals surface area contributed by atoms with Gasteiger partial charge < -0.3 is 19.1 Å². The third-order valence-corrected chi connectivity index (χ3v) is 8.20. The molecule has 0 spiro atoms. The lowest BCUT2D eigenvalue weighted by Gasteiger charge is -2.35. The van der Waals surface area contributed by atoms with Crippen LogP contribution in [0.4, 0.5) is 0 Å². The van der Waals surface area contributed by atoms with Gasteiger partial charge in [0.2, 0.25) is 21.6 Å². The molecule has 11 heteroatoms. The fourth-order valence-electron chi connectivity index (χ4n) is 3.43. The third-order valence-electron chi connectivity index (χ3n) is 5.08. The van der Waals surface area contributed by atoms with Crippen LogP contribution in [0.3, 0.4) is 0 Å². The molecule has 2 heterocycles. The minimum absolute atomic E-state index is 0.127. The number of sulfonamides is 1. The molecule has 30 heavy (non-hydrogen) atoms. The number of carbonyl (C=O) groups is 1. The second kappa shape index (κ2) is 8.98. The summed E-state index contributed by atoms with van der Waals surface area (Å²) in [5.41, 5.74) is 0. The van der Waals surface area contributed by atoms with E-state index >= 15 is 0 Å². The maximum atomic E-state index is 12.7. The third kappa shape index (κ3) is 4.99. The summed E-state index contributed by atoms with van der Waals surface area (Å²) in [5, 5.41) is 0.951. The van der Waals surface area contributed by atoms with E-state index in [4.69, 9.17) is 14.2 Å². The molecule has 0 N–H and O–H groups in total. The van der Waals surface area contributed by atoms with Gasteiger partial charge in [-0.1, -0.05) is 6.58 Å². The Hall–Kier alpha value is -0.800. The van der Waals surface area contributed by atoms with Crippen LogP contribution < -0.4 is 14.2 Å². The highest BCUT2D eigenvalue weighted by molar-refractivity contribution is 14.1. The SMILES string of the molecule is C=CS(=O)(=O)N(C)C1CCN(C(=O)COc2c(I)cc(I)c3c2OC(C)(C)O3)CC1. The summed E-state index contributed by atoms with van der Waals surface area (Å²) in [7, 11) is -1.92. The molecule has 8 nitrogen and oxygen atoms in total. The van der Waals surface area contributed by atoms with Gasteiger partial charge in [0, 0.05) is 45.4 Å². The number of ether oxygens (including phenoxy) is 3. The summed E-state index contributed by atoms with van der Waals surface area (Å²) in [6, 6.07) is 1.78. The van der Waals surface area contributed by atoms with E-state index in [-0.39, 0.29) is 18.6 Å². The Morgan fingerprint density at radius 1 is 1.30 bits per heavy atom. The number of piperidine rings is 1. The number of halogens is 2. The lowest BCUT2D eigenvalue weighted by Crippen LogP contribution is -2.47. The fraction of sp³-hybridized carbons (Fsp3) is 0.526. The Morgan fingerprint density at radius 2 is 1.90 bits per heavy atom. The Balaban J connectivity index is 1.62. The van der Waals surface area contributed by atoms with Gasteiger partial charge >= 0.3 is 0 Å². The van der Waals surface area contributed by atoms with Crippen molar-refractivity contribution in [2.75, 3.05) is 26.7 Å². The summed E-state index contributed by atoms with van der Waals surface area (Å²) >= 11 is 4.34. The lowest BCUT2D eigenvalue weighted by atomic mass is 10.1. The number of hydrogen-bond donors (Lipinski definition) is 0. The van der Waals surface area contributed by atoms with Crippen molar-refractivity contribution in [1.82, 2.24) is 9.21 Å². The maximum Gasteiger partial charge on any atom is 0.260 e. The van der Waals surface area contributed by atoms with Crippen molar-refractivity contribution in [2.45, 2.75) is 38.5 Å².